The van der Waals surface area contributed by atoms with E-state index in [1.807, 2.05) is 61.5 Å². The number of nitrogens with one attached hydrogen (secondary N) is 1. The highest BCUT2D eigenvalue weighted by Crippen LogP contribution is 2.21. The molecule has 4 nitrogen and oxygen atoms in total. The molecule has 0 aliphatic rings. The highest BCUT2D eigenvalue weighted by Gasteiger charge is 2.19. The van der Waals surface area contributed by atoms with Gasteiger partial charge < -0.3 is 15.2 Å². The number of amides is 1. The van der Waals surface area contributed by atoms with Crippen molar-refractivity contribution in [2.45, 2.75) is 39.2 Å². The Labute approximate surface area is 156 Å². The zero-order valence-corrected chi connectivity index (χ0v) is 15.8. The molecule has 2 aromatic rings. The van der Waals surface area contributed by atoms with Gasteiger partial charge in [0.1, 0.15) is 5.75 Å². The first-order chi connectivity index (χ1) is 12.5. The molecule has 2 unspecified atom stereocenters. The van der Waals surface area contributed by atoms with Gasteiger partial charge in [0.05, 0.1) is 25.2 Å². The molecule has 0 radical (unpaired) electrons. The van der Waals surface area contributed by atoms with E-state index in [0.29, 0.717) is 12.5 Å². The number of carbonyl (C=O) groups is 1. The summed E-state index contributed by atoms with van der Waals surface area (Å²) in [6.45, 7) is 6.69. The lowest BCUT2D eigenvalue weighted by Gasteiger charge is -2.20. The normalized spacial score (nSPS) is 14.3. The third kappa shape index (κ3) is 5.60. The third-order valence-electron chi connectivity index (χ3n) is 4.71. The molecule has 0 spiro atoms. The molecule has 0 heterocycles. The Morgan fingerprint density at radius 2 is 1.69 bits per heavy atom. The summed E-state index contributed by atoms with van der Waals surface area (Å²) in [5.41, 5.74) is 1.81. The highest BCUT2D eigenvalue weighted by atomic mass is 16.5. The van der Waals surface area contributed by atoms with E-state index in [9.17, 15) is 9.90 Å². The fourth-order valence-corrected chi connectivity index (χ4v) is 2.58. The minimum absolute atomic E-state index is 0.104. The average Bonchev–Trinajstić information content (AvgIpc) is 2.70. The van der Waals surface area contributed by atoms with Crippen LogP contribution in [-0.2, 0) is 4.79 Å². The van der Waals surface area contributed by atoms with E-state index in [1.165, 1.54) is 0 Å². The van der Waals surface area contributed by atoms with Crippen molar-refractivity contribution in [3.05, 3.63) is 65.7 Å². The van der Waals surface area contributed by atoms with Crippen LogP contribution in [0.3, 0.4) is 0 Å². The van der Waals surface area contributed by atoms with Crippen LogP contribution >= 0.6 is 0 Å². The number of benzene rings is 2. The number of ether oxygens (including phenoxy) is 1. The van der Waals surface area contributed by atoms with Crippen molar-refractivity contribution >= 4 is 5.91 Å². The van der Waals surface area contributed by atoms with Gasteiger partial charge in [-0.2, -0.15) is 0 Å². The topological polar surface area (TPSA) is 58.6 Å². The minimum Gasteiger partial charge on any atom is -0.493 e. The summed E-state index contributed by atoms with van der Waals surface area (Å²) in [4.78, 5) is 12.5. The lowest BCUT2D eigenvalue weighted by atomic mass is 9.99. The van der Waals surface area contributed by atoms with E-state index < -0.39 is 6.04 Å². The lowest BCUT2D eigenvalue weighted by Crippen LogP contribution is -2.33. The number of rotatable bonds is 9. The van der Waals surface area contributed by atoms with E-state index in [4.69, 9.17) is 4.74 Å². The zero-order chi connectivity index (χ0) is 18.9. The van der Waals surface area contributed by atoms with Gasteiger partial charge in [-0.1, -0.05) is 62.7 Å². The molecule has 2 aromatic carbocycles. The van der Waals surface area contributed by atoms with Crippen molar-refractivity contribution in [3.8, 4) is 5.75 Å². The van der Waals surface area contributed by atoms with Gasteiger partial charge in [-0.3, -0.25) is 4.79 Å². The van der Waals surface area contributed by atoms with Crippen LogP contribution in [0.1, 0.15) is 50.3 Å². The molecule has 3 atom stereocenters. The van der Waals surface area contributed by atoms with E-state index in [1.54, 1.807) is 0 Å². The molecular formula is C22H29NO3. The van der Waals surface area contributed by atoms with E-state index in [2.05, 4.69) is 19.2 Å². The van der Waals surface area contributed by atoms with Gasteiger partial charge in [-0.15, -0.1) is 0 Å². The quantitative estimate of drug-likeness (QED) is 0.713. The predicted molar refractivity (Wildman–Crippen MR) is 104 cm³/mol. The van der Waals surface area contributed by atoms with Crippen LogP contribution in [0.5, 0.6) is 5.75 Å². The summed E-state index contributed by atoms with van der Waals surface area (Å²) in [5, 5.41) is 12.6. The molecule has 140 valence electrons. The molecule has 0 saturated heterocycles. The third-order valence-corrected chi connectivity index (χ3v) is 4.71. The van der Waals surface area contributed by atoms with E-state index in [-0.39, 0.29) is 18.4 Å². The van der Waals surface area contributed by atoms with Crippen LogP contribution in [0, 0.1) is 5.92 Å². The Balaban J connectivity index is 1.98. The van der Waals surface area contributed by atoms with Crippen LogP contribution < -0.4 is 10.1 Å². The summed E-state index contributed by atoms with van der Waals surface area (Å²) < 4.78 is 5.75. The second-order valence-electron chi connectivity index (χ2n) is 6.77. The Kier molecular flexibility index (Phi) is 7.67. The maximum atomic E-state index is 12.5. The van der Waals surface area contributed by atoms with Gasteiger partial charge in [-0.25, -0.2) is 0 Å². The average molecular weight is 355 g/mol. The molecule has 0 fully saturated rings. The molecule has 0 aliphatic heterocycles. The van der Waals surface area contributed by atoms with Crippen molar-refractivity contribution in [1.82, 2.24) is 5.32 Å². The molecule has 2 N–H and O–H groups in total. The first kappa shape index (κ1) is 20.0. The largest absolute Gasteiger partial charge is 0.493 e. The second-order valence-corrected chi connectivity index (χ2v) is 6.77. The monoisotopic (exact) mass is 355 g/mol. The SMILES string of the molecule is CCC(C)COc1ccc([C@H](CO)NC(=O)C(C)c2ccccc2)cc1. The summed E-state index contributed by atoms with van der Waals surface area (Å²) >= 11 is 0. The van der Waals surface area contributed by atoms with Crippen LogP contribution in [0.2, 0.25) is 0 Å². The lowest BCUT2D eigenvalue weighted by molar-refractivity contribution is -0.123. The first-order valence-electron chi connectivity index (χ1n) is 9.24. The van der Waals surface area contributed by atoms with Crippen LogP contribution in [-0.4, -0.2) is 24.2 Å². The smallest absolute Gasteiger partial charge is 0.227 e. The first-order valence-corrected chi connectivity index (χ1v) is 9.24. The summed E-state index contributed by atoms with van der Waals surface area (Å²) in [5.74, 6) is 0.934. The Hall–Kier alpha value is -2.33. The molecule has 4 heteroatoms. The van der Waals surface area contributed by atoms with Crippen LogP contribution in [0.15, 0.2) is 54.6 Å². The standard InChI is InChI=1S/C22H29NO3/c1-4-16(2)15-26-20-12-10-19(11-13-20)21(14-24)23-22(25)17(3)18-8-6-5-7-9-18/h5-13,16-17,21,24H,4,14-15H2,1-3H3,(H,23,25)/t16?,17?,21-/m0/s1. The van der Waals surface area contributed by atoms with E-state index in [0.717, 1.165) is 23.3 Å². The van der Waals surface area contributed by atoms with Crippen molar-refractivity contribution in [2.24, 2.45) is 5.92 Å². The van der Waals surface area contributed by atoms with Gasteiger partial charge in [0.25, 0.3) is 0 Å². The molecule has 0 aromatic heterocycles. The van der Waals surface area contributed by atoms with Crippen LogP contribution in [0.4, 0.5) is 0 Å². The van der Waals surface area contributed by atoms with Crippen molar-refractivity contribution in [1.29, 1.82) is 0 Å². The fraction of sp³-hybridized carbons (Fsp3) is 0.409. The number of aliphatic hydroxyl groups is 1. The number of hydrogen-bond donors (Lipinski definition) is 2. The molecule has 0 saturated carbocycles. The molecular weight excluding hydrogens is 326 g/mol. The minimum atomic E-state index is -0.433. The van der Waals surface area contributed by atoms with Crippen LogP contribution in [0.25, 0.3) is 0 Å². The van der Waals surface area contributed by atoms with Gasteiger partial charge >= 0.3 is 0 Å². The Bertz CT molecular complexity index is 670. The fourth-order valence-electron chi connectivity index (χ4n) is 2.58. The van der Waals surface area contributed by atoms with Gasteiger partial charge in [-0.05, 0) is 36.1 Å². The van der Waals surface area contributed by atoms with E-state index >= 15 is 0 Å². The summed E-state index contributed by atoms with van der Waals surface area (Å²) in [7, 11) is 0. The van der Waals surface area contributed by atoms with Gasteiger partial charge in [0.2, 0.25) is 5.91 Å². The number of hydrogen-bond acceptors (Lipinski definition) is 3. The van der Waals surface area contributed by atoms with Gasteiger partial charge in [0.15, 0.2) is 0 Å². The summed E-state index contributed by atoms with van der Waals surface area (Å²) in [6.07, 6.45) is 1.08. The second kappa shape index (κ2) is 9.97. The zero-order valence-electron chi connectivity index (χ0n) is 15.8. The number of carbonyl (C=O) groups excluding carboxylic acids is 1. The molecule has 26 heavy (non-hydrogen) atoms. The Morgan fingerprint density at radius 1 is 1.04 bits per heavy atom. The van der Waals surface area contributed by atoms with Crippen molar-refractivity contribution < 1.29 is 14.6 Å². The van der Waals surface area contributed by atoms with Crippen molar-refractivity contribution in [2.75, 3.05) is 13.2 Å². The molecule has 0 aliphatic carbocycles. The van der Waals surface area contributed by atoms with Crippen molar-refractivity contribution in [3.63, 3.8) is 0 Å². The number of aliphatic hydroxyl groups excluding tert-OH is 1. The highest BCUT2D eigenvalue weighted by molar-refractivity contribution is 5.83. The molecule has 1 amide bonds. The summed E-state index contributed by atoms with van der Waals surface area (Å²) in [6, 6.07) is 16.7. The maximum Gasteiger partial charge on any atom is 0.227 e. The predicted octanol–water partition coefficient (Wildman–Crippen LogP) is 4.06. The van der Waals surface area contributed by atoms with Gasteiger partial charge in [0, 0.05) is 0 Å². The Morgan fingerprint density at radius 3 is 2.27 bits per heavy atom. The maximum absolute atomic E-state index is 12.5. The molecule has 0 bridgehead atoms. The molecule has 2 rings (SSSR count).